The Morgan fingerprint density at radius 1 is 1.69 bits per heavy atom. The number of rotatable bonds is 3. The van der Waals surface area contributed by atoms with Crippen molar-refractivity contribution in [3.63, 3.8) is 0 Å². The predicted octanol–water partition coefficient (Wildman–Crippen LogP) is 2.74. The Bertz CT molecular complexity index is 412. The monoisotopic (exact) mass is 218 g/mol. The van der Waals surface area contributed by atoms with Crippen LogP contribution in [-0.2, 0) is 4.74 Å². The first-order valence-electron chi connectivity index (χ1n) is 5.64. The molecule has 0 spiro atoms. The van der Waals surface area contributed by atoms with Crippen LogP contribution in [0.5, 0.6) is 0 Å². The van der Waals surface area contributed by atoms with Crippen molar-refractivity contribution in [3.8, 4) is 0 Å². The van der Waals surface area contributed by atoms with E-state index in [0.29, 0.717) is 6.04 Å². The molecule has 0 bridgehead atoms. The molecule has 1 aromatic rings. The molecular formula is C13H18N2O. The third kappa shape index (κ3) is 2.42. The van der Waals surface area contributed by atoms with E-state index in [2.05, 4.69) is 24.8 Å². The lowest BCUT2D eigenvalue weighted by Gasteiger charge is -2.06. The van der Waals surface area contributed by atoms with Crippen molar-refractivity contribution >= 4 is 6.08 Å². The number of allylic oxidation sites excluding steroid dienone is 2. The van der Waals surface area contributed by atoms with Crippen LogP contribution in [0.4, 0.5) is 0 Å². The van der Waals surface area contributed by atoms with Gasteiger partial charge >= 0.3 is 0 Å². The van der Waals surface area contributed by atoms with Crippen LogP contribution in [-0.4, -0.2) is 23.0 Å². The van der Waals surface area contributed by atoms with Gasteiger partial charge in [-0.3, -0.25) is 4.68 Å². The third-order valence-electron chi connectivity index (χ3n) is 2.76. The van der Waals surface area contributed by atoms with Gasteiger partial charge in [0.25, 0.3) is 0 Å². The van der Waals surface area contributed by atoms with Gasteiger partial charge in [-0.05, 0) is 31.9 Å². The van der Waals surface area contributed by atoms with Crippen LogP contribution >= 0.6 is 0 Å². The molecule has 16 heavy (non-hydrogen) atoms. The maximum atomic E-state index is 5.37. The highest BCUT2D eigenvalue weighted by molar-refractivity contribution is 5.51. The third-order valence-corrected chi connectivity index (χ3v) is 2.76. The van der Waals surface area contributed by atoms with E-state index in [9.17, 15) is 0 Å². The maximum Gasteiger partial charge on any atom is 0.0880 e. The van der Waals surface area contributed by atoms with Gasteiger partial charge in [0.05, 0.1) is 18.3 Å². The molecule has 1 aromatic heterocycles. The van der Waals surface area contributed by atoms with Crippen molar-refractivity contribution in [1.29, 1.82) is 0 Å². The Balaban J connectivity index is 2.17. The van der Waals surface area contributed by atoms with Gasteiger partial charge in [-0.25, -0.2) is 0 Å². The zero-order chi connectivity index (χ0) is 11.5. The molecular weight excluding hydrogens is 200 g/mol. The lowest BCUT2D eigenvalue weighted by atomic mass is 10.2. The van der Waals surface area contributed by atoms with Crippen LogP contribution in [0.3, 0.4) is 0 Å². The van der Waals surface area contributed by atoms with E-state index in [1.807, 2.05) is 23.8 Å². The number of aryl methyl sites for hydroxylation is 1. The highest BCUT2D eigenvalue weighted by atomic mass is 16.5. The summed E-state index contributed by atoms with van der Waals surface area (Å²) in [4.78, 5) is 0. The number of hydrogen-bond donors (Lipinski definition) is 0. The quantitative estimate of drug-likeness (QED) is 0.729. The summed E-state index contributed by atoms with van der Waals surface area (Å²) in [5.74, 6) is 0. The molecule has 0 aromatic carbocycles. The van der Waals surface area contributed by atoms with E-state index in [1.165, 1.54) is 5.56 Å². The van der Waals surface area contributed by atoms with Crippen molar-refractivity contribution in [2.24, 2.45) is 0 Å². The van der Waals surface area contributed by atoms with Gasteiger partial charge in [-0.2, -0.15) is 5.10 Å². The molecule has 2 heterocycles. The molecule has 0 radical (unpaired) electrons. The zero-order valence-electron chi connectivity index (χ0n) is 9.94. The summed E-state index contributed by atoms with van der Waals surface area (Å²) in [7, 11) is 0. The van der Waals surface area contributed by atoms with Crippen LogP contribution < -0.4 is 0 Å². The minimum atomic E-state index is 0.408. The summed E-state index contributed by atoms with van der Waals surface area (Å²) in [6.45, 7) is 9.53. The second-order valence-electron chi connectivity index (χ2n) is 4.37. The van der Waals surface area contributed by atoms with E-state index < -0.39 is 0 Å². The molecule has 0 N–H and O–H groups in total. The molecule has 0 aliphatic carbocycles. The van der Waals surface area contributed by atoms with E-state index in [-0.39, 0.29) is 0 Å². The molecule has 86 valence electrons. The Morgan fingerprint density at radius 2 is 2.50 bits per heavy atom. The van der Waals surface area contributed by atoms with Crippen LogP contribution in [0.15, 0.2) is 24.4 Å². The van der Waals surface area contributed by atoms with Crippen molar-refractivity contribution in [1.82, 2.24) is 9.78 Å². The fourth-order valence-electron chi connectivity index (χ4n) is 1.80. The molecule has 3 heteroatoms. The lowest BCUT2D eigenvalue weighted by molar-refractivity contribution is 0.184. The topological polar surface area (TPSA) is 27.1 Å². The Hall–Kier alpha value is -1.35. The SMILES string of the molecule is C=C(C)/C=C\c1nn([C@H]2CCOC2)cc1C. The fraction of sp³-hybridized carbons (Fsp3) is 0.462. The summed E-state index contributed by atoms with van der Waals surface area (Å²) >= 11 is 0. The van der Waals surface area contributed by atoms with Gasteiger partial charge in [-0.15, -0.1) is 0 Å². The summed E-state index contributed by atoms with van der Waals surface area (Å²) in [6.07, 6.45) is 7.16. The van der Waals surface area contributed by atoms with Crippen LogP contribution in [0.25, 0.3) is 6.08 Å². The van der Waals surface area contributed by atoms with Gasteiger partial charge in [0.15, 0.2) is 0 Å². The molecule has 0 saturated carbocycles. The van der Waals surface area contributed by atoms with Gasteiger partial charge in [0.1, 0.15) is 0 Å². The van der Waals surface area contributed by atoms with Crippen molar-refractivity contribution in [2.45, 2.75) is 26.3 Å². The second-order valence-corrected chi connectivity index (χ2v) is 4.37. The minimum Gasteiger partial charge on any atom is -0.379 e. The number of nitrogens with zero attached hydrogens (tertiary/aromatic N) is 2. The summed E-state index contributed by atoms with van der Waals surface area (Å²) in [6, 6.07) is 0.408. The Morgan fingerprint density at radius 3 is 3.12 bits per heavy atom. The maximum absolute atomic E-state index is 5.37. The zero-order valence-corrected chi connectivity index (χ0v) is 9.94. The van der Waals surface area contributed by atoms with Crippen LogP contribution in [0.1, 0.15) is 30.6 Å². The van der Waals surface area contributed by atoms with E-state index in [4.69, 9.17) is 4.74 Å². The number of ether oxygens (including phenoxy) is 1. The Kier molecular flexibility index (Phi) is 3.25. The normalized spacial score (nSPS) is 20.8. The average molecular weight is 218 g/mol. The lowest BCUT2D eigenvalue weighted by Crippen LogP contribution is -2.08. The largest absolute Gasteiger partial charge is 0.379 e. The molecule has 0 unspecified atom stereocenters. The van der Waals surface area contributed by atoms with Crippen LogP contribution in [0, 0.1) is 6.92 Å². The number of aromatic nitrogens is 2. The van der Waals surface area contributed by atoms with Gasteiger partial charge in [0.2, 0.25) is 0 Å². The first-order chi connectivity index (χ1) is 7.66. The number of hydrogen-bond acceptors (Lipinski definition) is 2. The first kappa shape index (κ1) is 11.1. The highest BCUT2D eigenvalue weighted by Gasteiger charge is 2.18. The predicted molar refractivity (Wildman–Crippen MR) is 65.3 cm³/mol. The van der Waals surface area contributed by atoms with Crippen molar-refractivity contribution < 1.29 is 4.74 Å². The Labute approximate surface area is 96.4 Å². The van der Waals surface area contributed by atoms with Gasteiger partial charge in [-0.1, -0.05) is 18.2 Å². The molecule has 1 fully saturated rings. The van der Waals surface area contributed by atoms with Crippen molar-refractivity contribution in [3.05, 3.63) is 35.7 Å². The minimum absolute atomic E-state index is 0.408. The molecule has 0 amide bonds. The van der Waals surface area contributed by atoms with Crippen molar-refractivity contribution in [2.75, 3.05) is 13.2 Å². The summed E-state index contributed by atoms with van der Waals surface area (Å²) in [5, 5.41) is 4.57. The van der Waals surface area contributed by atoms with Crippen LogP contribution in [0.2, 0.25) is 0 Å². The first-order valence-corrected chi connectivity index (χ1v) is 5.64. The fourth-order valence-corrected chi connectivity index (χ4v) is 1.80. The molecule has 1 saturated heterocycles. The smallest absolute Gasteiger partial charge is 0.0880 e. The van der Waals surface area contributed by atoms with Gasteiger partial charge < -0.3 is 4.74 Å². The molecule has 1 aliphatic rings. The van der Waals surface area contributed by atoms with E-state index in [1.54, 1.807) is 0 Å². The summed E-state index contributed by atoms with van der Waals surface area (Å²) in [5.41, 5.74) is 3.26. The summed E-state index contributed by atoms with van der Waals surface area (Å²) < 4.78 is 7.39. The van der Waals surface area contributed by atoms with E-state index >= 15 is 0 Å². The van der Waals surface area contributed by atoms with Gasteiger partial charge in [0, 0.05) is 12.8 Å². The molecule has 1 atom stereocenters. The standard InChI is InChI=1S/C13H18N2O/c1-10(2)4-5-13-11(3)8-15(14-13)12-6-7-16-9-12/h4-5,8,12H,1,6-7,9H2,2-3H3/b5-4-/t12-/m0/s1. The van der Waals surface area contributed by atoms with E-state index in [0.717, 1.165) is 30.9 Å². The molecule has 2 rings (SSSR count). The average Bonchev–Trinajstić information content (AvgIpc) is 2.83. The highest BCUT2D eigenvalue weighted by Crippen LogP contribution is 2.20. The second kappa shape index (κ2) is 4.66. The molecule has 3 nitrogen and oxygen atoms in total. The molecule has 1 aliphatic heterocycles.